The Morgan fingerprint density at radius 2 is 1.76 bits per heavy atom. The first-order valence-electron chi connectivity index (χ1n) is 10.6. The molecule has 2 heterocycles. The smallest absolute Gasteiger partial charge is 0.330 e. The van der Waals surface area contributed by atoms with Gasteiger partial charge in [-0.3, -0.25) is 23.9 Å². The number of β-lactam (4-membered cyclic amide) rings is 1. The van der Waals surface area contributed by atoms with E-state index in [0.717, 1.165) is 5.56 Å². The Bertz CT molecular complexity index is 1170. The minimum Gasteiger partial charge on any atom is -0.459 e. The summed E-state index contributed by atoms with van der Waals surface area (Å²) in [7, 11) is -1.63. The van der Waals surface area contributed by atoms with Crippen LogP contribution in [-0.2, 0) is 42.9 Å². The average Bonchev–Trinajstić information content (AvgIpc) is 3.00. The van der Waals surface area contributed by atoms with Crippen LogP contribution in [0.5, 0.6) is 0 Å². The maximum absolute atomic E-state index is 13.2. The SMILES string of the molecule is CC1(C)C(C(=O)OCc2ccc([N+](=O)[O-])cc2)N2C(=O)C(NC(=O)Cc3ccccc3)[C@H]2S1=O. The number of amides is 2. The molecule has 0 saturated carbocycles. The van der Waals surface area contributed by atoms with Gasteiger partial charge in [-0.2, -0.15) is 0 Å². The van der Waals surface area contributed by atoms with E-state index in [1.54, 1.807) is 38.1 Å². The Morgan fingerprint density at radius 1 is 1.12 bits per heavy atom. The fourth-order valence-corrected chi connectivity index (χ4v) is 6.14. The van der Waals surface area contributed by atoms with Crippen LogP contribution in [0.1, 0.15) is 25.0 Å². The van der Waals surface area contributed by atoms with Gasteiger partial charge in [0.2, 0.25) is 11.8 Å². The molecule has 178 valence electrons. The number of esters is 1. The van der Waals surface area contributed by atoms with Crippen LogP contribution in [-0.4, -0.2) is 54.0 Å². The predicted octanol–water partition coefficient (Wildman–Crippen LogP) is 1.44. The zero-order valence-electron chi connectivity index (χ0n) is 18.5. The first-order chi connectivity index (χ1) is 16.1. The molecule has 0 radical (unpaired) electrons. The summed E-state index contributed by atoms with van der Waals surface area (Å²) in [6.45, 7) is 3.09. The standard InChI is InChI=1S/C23H23N3O7S/c1-23(2)19(22(29)33-13-15-8-10-16(11-9-15)26(30)31)25-20(28)18(21(25)34(23)32)24-17(27)12-14-6-4-3-5-7-14/h3-11,18-19,21H,12-13H2,1-2H3,(H,24,27)/t18?,19?,21-,34?/m1/s1. The Labute approximate surface area is 197 Å². The van der Waals surface area contributed by atoms with Crippen LogP contribution in [0.15, 0.2) is 54.6 Å². The first-order valence-corrected chi connectivity index (χ1v) is 11.8. The van der Waals surface area contributed by atoms with E-state index in [2.05, 4.69) is 5.32 Å². The third-order valence-corrected chi connectivity index (χ3v) is 8.23. The molecular weight excluding hydrogens is 462 g/mol. The molecule has 10 nitrogen and oxygen atoms in total. The molecule has 2 aliphatic heterocycles. The van der Waals surface area contributed by atoms with Crippen molar-refractivity contribution in [2.24, 2.45) is 0 Å². The van der Waals surface area contributed by atoms with E-state index in [0.29, 0.717) is 5.56 Å². The molecule has 0 aromatic heterocycles. The molecule has 2 saturated heterocycles. The lowest BCUT2D eigenvalue weighted by Gasteiger charge is -2.43. The molecule has 1 N–H and O–H groups in total. The Morgan fingerprint density at radius 3 is 2.38 bits per heavy atom. The molecule has 4 atom stereocenters. The normalized spacial score (nSPS) is 24.6. The molecule has 2 aromatic rings. The fraction of sp³-hybridized carbons (Fsp3) is 0.348. The molecule has 0 aliphatic carbocycles. The van der Waals surface area contributed by atoms with Crippen molar-refractivity contribution in [2.75, 3.05) is 0 Å². The highest BCUT2D eigenvalue weighted by Gasteiger charge is 2.68. The van der Waals surface area contributed by atoms with Crippen molar-refractivity contribution in [3.63, 3.8) is 0 Å². The molecule has 2 aromatic carbocycles. The van der Waals surface area contributed by atoms with Gasteiger partial charge in [-0.25, -0.2) is 4.79 Å². The van der Waals surface area contributed by atoms with E-state index in [1.807, 2.05) is 6.07 Å². The van der Waals surface area contributed by atoms with Crippen LogP contribution in [0, 0.1) is 10.1 Å². The maximum atomic E-state index is 13.2. The first kappa shape index (κ1) is 23.6. The summed E-state index contributed by atoms with van der Waals surface area (Å²) < 4.78 is 17.4. The van der Waals surface area contributed by atoms with Crippen LogP contribution >= 0.6 is 0 Å². The zero-order chi connectivity index (χ0) is 24.6. The Balaban J connectivity index is 1.42. The quantitative estimate of drug-likeness (QED) is 0.271. The van der Waals surface area contributed by atoms with Gasteiger partial charge in [0, 0.05) is 12.1 Å². The summed E-state index contributed by atoms with van der Waals surface area (Å²) in [6, 6.07) is 12.5. The van der Waals surface area contributed by atoms with E-state index < -0.39 is 49.8 Å². The Hall–Kier alpha value is -3.60. The van der Waals surface area contributed by atoms with Crippen LogP contribution in [0.3, 0.4) is 0 Å². The molecule has 34 heavy (non-hydrogen) atoms. The number of fused-ring (bicyclic) bond motifs is 1. The number of nitro benzene ring substituents is 1. The summed E-state index contributed by atoms with van der Waals surface area (Å²) >= 11 is 0. The third kappa shape index (κ3) is 4.18. The van der Waals surface area contributed by atoms with Gasteiger partial charge in [0.05, 0.1) is 26.9 Å². The average molecular weight is 486 g/mol. The second kappa shape index (κ2) is 8.98. The number of rotatable bonds is 7. The number of nitrogens with zero attached hydrogens (tertiary/aromatic N) is 2. The molecule has 0 bridgehead atoms. The van der Waals surface area contributed by atoms with Gasteiger partial charge < -0.3 is 15.0 Å². The van der Waals surface area contributed by atoms with E-state index in [9.17, 15) is 28.7 Å². The predicted molar refractivity (Wildman–Crippen MR) is 122 cm³/mol. The maximum Gasteiger partial charge on any atom is 0.330 e. The highest BCUT2D eigenvalue weighted by Crippen LogP contribution is 2.44. The summed E-state index contributed by atoms with van der Waals surface area (Å²) in [4.78, 5) is 49.7. The van der Waals surface area contributed by atoms with E-state index in [4.69, 9.17) is 4.74 Å². The second-order valence-electron chi connectivity index (χ2n) is 8.68. The number of benzene rings is 2. The lowest BCUT2D eigenvalue weighted by Crippen LogP contribution is -2.71. The summed E-state index contributed by atoms with van der Waals surface area (Å²) in [5, 5.41) is 12.6. The van der Waals surface area contributed by atoms with Crippen molar-refractivity contribution in [3.05, 3.63) is 75.8 Å². The minimum atomic E-state index is -1.63. The molecule has 2 aliphatic rings. The van der Waals surface area contributed by atoms with Crippen molar-refractivity contribution in [3.8, 4) is 0 Å². The van der Waals surface area contributed by atoms with Crippen molar-refractivity contribution in [2.45, 2.75) is 49.1 Å². The molecule has 4 rings (SSSR count). The van der Waals surface area contributed by atoms with Gasteiger partial charge in [-0.15, -0.1) is 0 Å². The number of non-ortho nitro benzene ring substituents is 1. The number of carbonyl (C=O) groups excluding carboxylic acids is 3. The van der Waals surface area contributed by atoms with Gasteiger partial charge in [0.15, 0.2) is 0 Å². The summed E-state index contributed by atoms with van der Waals surface area (Å²) in [6.07, 6.45) is 0.0775. The van der Waals surface area contributed by atoms with Gasteiger partial charge in [0.1, 0.15) is 24.1 Å². The topological polar surface area (TPSA) is 136 Å². The zero-order valence-corrected chi connectivity index (χ0v) is 19.3. The number of ether oxygens (including phenoxy) is 1. The lowest BCUT2D eigenvalue weighted by molar-refractivity contribution is -0.384. The Kier molecular flexibility index (Phi) is 6.22. The van der Waals surface area contributed by atoms with Gasteiger partial charge in [-0.1, -0.05) is 30.3 Å². The molecular formula is C23H23N3O7S. The van der Waals surface area contributed by atoms with Crippen LogP contribution in [0.25, 0.3) is 0 Å². The van der Waals surface area contributed by atoms with Gasteiger partial charge in [0.25, 0.3) is 5.69 Å². The summed E-state index contributed by atoms with van der Waals surface area (Å²) in [5.41, 5.74) is 1.23. The minimum absolute atomic E-state index is 0.0775. The lowest BCUT2D eigenvalue weighted by atomic mass is 9.95. The second-order valence-corrected chi connectivity index (χ2v) is 10.8. The van der Waals surface area contributed by atoms with Crippen molar-refractivity contribution in [1.82, 2.24) is 10.2 Å². The van der Waals surface area contributed by atoms with Crippen LogP contribution in [0.2, 0.25) is 0 Å². The van der Waals surface area contributed by atoms with Gasteiger partial charge >= 0.3 is 5.97 Å². The van der Waals surface area contributed by atoms with Crippen molar-refractivity contribution >= 4 is 34.3 Å². The molecule has 2 fully saturated rings. The van der Waals surface area contributed by atoms with Crippen molar-refractivity contribution < 1.29 is 28.3 Å². The largest absolute Gasteiger partial charge is 0.459 e. The highest BCUT2D eigenvalue weighted by atomic mass is 32.2. The molecule has 3 unspecified atom stereocenters. The number of hydrogen-bond acceptors (Lipinski definition) is 7. The van der Waals surface area contributed by atoms with E-state index in [1.165, 1.54) is 29.2 Å². The number of nitrogens with one attached hydrogen (secondary N) is 1. The molecule has 11 heteroatoms. The van der Waals surface area contributed by atoms with E-state index in [-0.39, 0.29) is 24.6 Å². The highest BCUT2D eigenvalue weighted by molar-refractivity contribution is 7.87. The summed E-state index contributed by atoms with van der Waals surface area (Å²) in [5.74, 6) is -1.58. The monoisotopic (exact) mass is 485 g/mol. The number of nitro groups is 1. The molecule has 0 spiro atoms. The number of carbonyl (C=O) groups is 3. The van der Waals surface area contributed by atoms with Crippen LogP contribution < -0.4 is 5.32 Å². The third-order valence-electron chi connectivity index (χ3n) is 6.03. The van der Waals surface area contributed by atoms with Gasteiger partial charge in [-0.05, 0) is 37.1 Å². The van der Waals surface area contributed by atoms with Crippen molar-refractivity contribution in [1.29, 1.82) is 0 Å². The molecule has 2 amide bonds. The van der Waals surface area contributed by atoms with E-state index >= 15 is 0 Å². The number of hydrogen-bond donors (Lipinski definition) is 1. The fourth-order valence-electron chi connectivity index (χ4n) is 4.23. The van der Waals surface area contributed by atoms with Crippen LogP contribution in [0.4, 0.5) is 5.69 Å².